The number of azide groups is 1. The van der Waals surface area contributed by atoms with Gasteiger partial charge in [-0.05, 0) is 5.53 Å². The molecule has 0 aliphatic rings. The summed E-state index contributed by atoms with van der Waals surface area (Å²) in [6, 6.07) is 0. The Labute approximate surface area is 97.0 Å². The first-order valence-electron chi connectivity index (χ1n) is 4.26. The number of aliphatic hydroxyl groups is 2. The fraction of sp³-hybridized carbons (Fsp3) is 0.571. The number of thiazole rings is 1. The third-order valence-electron chi connectivity index (χ3n) is 1.76. The lowest BCUT2D eigenvalue weighted by Crippen LogP contribution is -2.21. The van der Waals surface area contributed by atoms with Crippen LogP contribution in [0.2, 0.25) is 0 Å². The topological polar surface area (TPSA) is 102 Å². The Balaban J connectivity index is 2.79. The predicted octanol–water partition coefficient (Wildman–Crippen LogP) is 1.87. The molecule has 0 amide bonds. The van der Waals surface area contributed by atoms with Crippen LogP contribution in [-0.4, -0.2) is 27.8 Å². The van der Waals surface area contributed by atoms with Crippen molar-refractivity contribution < 1.29 is 23.4 Å². The average molecular weight is 268 g/mol. The normalized spacial score (nSPS) is 15.1. The second-order valence-electron chi connectivity index (χ2n) is 2.99. The lowest BCUT2D eigenvalue weighted by Gasteiger charge is -2.12. The molecule has 0 fully saturated rings. The second-order valence-corrected chi connectivity index (χ2v) is 3.88. The highest BCUT2D eigenvalue weighted by Gasteiger charge is 2.35. The summed E-state index contributed by atoms with van der Waals surface area (Å²) in [5, 5.41) is 22.2. The van der Waals surface area contributed by atoms with E-state index in [0.717, 1.165) is 5.38 Å². The van der Waals surface area contributed by atoms with Crippen LogP contribution in [-0.2, 0) is 6.18 Å². The van der Waals surface area contributed by atoms with Crippen LogP contribution in [0.25, 0.3) is 10.4 Å². The molecule has 2 atom stereocenters. The van der Waals surface area contributed by atoms with Gasteiger partial charge in [-0.2, -0.15) is 13.2 Å². The molecule has 0 spiro atoms. The van der Waals surface area contributed by atoms with E-state index in [9.17, 15) is 23.4 Å². The van der Waals surface area contributed by atoms with E-state index in [1.807, 2.05) is 0 Å². The van der Waals surface area contributed by atoms with E-state index >= 15 is 0 Å². The summed E-state index contributed by atoms with van der Waals surface area (Å²) < 4.78 is 36.6. The maximum absolute atomic E-state index is 12.2. The number of hydrogen-bond donors (Lipinski definition) is 2. The first kappa shape index (κ1) is 13.7. The molecule has 2 N–H and O–H groups in total. The molecule has 0 saturated heterocycles. The van der Waals surface area contributed by atoms with Crippen molar-refractivity contribution in [1.29, 1.82) is 0 Å². The van der Waals surface area contributed by atoms with Crippen LogP contribution >= 0.6 is 11.3 Å². The van der Waals surface area contributed by atoms with Crippen molar-refractivity contribution in [2.24, 2.45) is 5.11 Å². The van der Waals surface area contributed by atoms with Gasteiger partial charge in [-0.25, -0.2) is 4.98 Å². The van der Waals surface area contributed by atoms with Gasteiger partial charge in [-0.15, -0.1) is 11.3 Å². The van der Waals surface area contributed by atoms with Crippen molar-refractivity contribution >= 4 is 11.3 Å². The zero-order valence-electron chi connectivity index (χ0n) is 8.16. The quantitative estimate of drug-likeness (QED) is 0.495. The summed E-state index contributed by atoms with van der Waals surface area (Å²) >= 11 is 0.570. The van der Waals surface area contributed by atoms with Crippen LogP contribution in [0.3, 0.4) is 0 Å². The largest absolute Gasteiger partial charge is 0.434 e. The molecular formula is C7H7F3N4O2S. The van der Waals surface area contributed by atoms with E-state index in [4.69, 9.17) is 5.53 Å². The molecule has 2 unspecified atom stereocenters. The zero-order chi connectivity index (χ0) is 13.1. The van der Waals surface area contributed by atoms with Gasteiger partial charge in [0.2, 0.25) is 0 Å². The van der Waals surface area contributed by atoms with Crippen molar-refractivity contribution in [2.75, 3.05) is 6.54 Å². The average Bonchev–Trinajstić information content (AvgIpc) is 2.73. The van der Waals surface area contributed by atoms with Gasteiger partial charge in [0.1, 0.15) is 11.1 Å². The van der Waals surface area contributed by atoms with Gasteiger partial charge >= 0.3 is 6.18 Å². The minimum atomic E-state index is -4.59. The van der Waals surface area contributed by atoms with Gasteiger partial charge < -0.3 is 10.2 Å². The molecule has 0 bridgehead atoms. The lowest BCUT2D eigenvalue weighted by atomic mass is 10.2. The van der Waals surface area contributed by atoms with Crippen LogP contribution < -0.4 is 0 Å². The Morgan fingerprint density at radius 3 is 2.65 bits per heavy atom. The Morgan fingerprint density at radius 1 is 1.53 bits per heavy atom. The third-order valence-corrected chi connectivity index (χ3v) is 2.68. The minimum absolute atomic E-state index is 0.280. The molecule has 0 saturated carbocycles. The molecule has 0 aliphatic heterocycles. The zero-order valence-corrected chi connectivity index (χ0v) is 8.98. The number of aromatic nitrogens is 1. The molecule has 1 aromatic heterocycles. The van der Waals surface area contributed by atoms with Crippen molar-refractivity contribution in [3.63, 3.8) is 0 Å². The van der Waals surface area contributed by atoms with E-state index in [2.05, 4.69) is 15.0 Å². The smallest absolute Gasteiger partial charge is 0.390 e. The maximum Gasteiger partial charge on any atom is 0.434 e. The second kappa shape index (κ2) is 5.32. The van der Waals surface area contributed by atoms with Crippen LogP contribution in [0.4, 0.5) is 13.2 Å². The van der Waals surface area contributed by atoms with Crippen LogP contribution in [0.15, 0.2) is 10.5 Å². The highest BCUT2D eigenvalue weighted by molar-refractivity contribution is 7.09. The van der Waals surface area contributed by atoms with Crippen molar-refractivity contribution in [1.82, 2.24) is 4.98 Å². The first-order chi connectivity index (χ1) is 7.86. The number of rotatable bonds is 4. The Bertz CT molecular complexity index is 429. The van der Waals surface area contributed by atoms with E-state index in [-0.39, 0.29) is 5.01 Å². The van der Waals surface area contributed by atoms with Gasteiger partial charge in [0.25, 0.3) is 0 Å². The monoisotopic (exact) mass is 268 g/mol. The molecule has 1 rings (SSSR count). The SMILES string of the molecule is [N-]=[N+]=NCC(O)C(O)c1nc(C(F)(F)F)cs1. The first-order valence-corrected chi connectivity index (χ1v) is 5.14. The highest BCUT2D eigenvalue weighted by atomic mass is 32.1. The van der Waals surface area contributed by atoms with Crippen molar-refractivity contribution in [3.8, 4) is 0 Å². The number of aliphatic hydroxyl groups excluding tert-OH is 2. The summed E-state index contributed by atoms with van der Waals surface area (Å²) in [7, 11) is 0. The minimum Gasteiger partial charge on any atom is -0.390 e. The molecule has 0 radical (unpaired) electrons. The molecule has 17 heavy (non-hydrogen) atoms. The van der Waals surface area contributed by atoms with Gasteiger partial charge in [-0.3, -0.25) is 0 Å². The Hall–Kier alpha value is -1.35. The van der Waals surface area contributed by atoms with Gasteiger partial charge in [0, 0.05) is 10.3 Å². The van der Waals surface area contributed by atoms with Gasteiger partial charge in [0.05, 0.1) is 12.6 Å². The molecular weight excluding hydrogens is 261 g/mol. The molecule has 10 heteroatoms. The summed E-state index contributed by atoms with van der Waals surface area (Å²) in [5.74, 6) is 0. The van der Waals surface area contributed by atoms with Crippen molar-refractivity contribution in [2.45, 2.75) is 18.4 Å². The standard InChI is InChI=1S/C7H7F3N4O2S/c8-7(9,10)4-2-17-6(13-4)5(16)3(15)1-12-14-11/h2-3,5,15-16H,1H2. The molecule has 1 aromatic rings. The fourth-order valence-corrected chi connectivity index (χ4v) is 1.80. The summed E-state index contributed by atoms with van der Waals surface area (Å²) in [6.45, 7) is -0.446. The molecule has 94 valence electrons. The van der Waals surface area contributed by atoms with E-state index in [0.29, 0.717) is 11.3 Å². The Morgan fingerprint density at radius 2 is 2.18 bits per heavy atom. The number of alkyl halides is 3. The summed E-state index contributed by atoms with van der Waals surface area (Å²) in [4.78, 5) is 5.51. The molecule has 0 aromatic carbocycles. The molecule has 1 heterocycles. The number of hydrogen-bond acceptors (Lipinski definition) is 5. The highest BCUT2D eigenvalue weighted by Crippen LogP contribution is 2.32. The number of nitrogens with zero attached hydrogens (tertiary/aromatic N) is 4. The van der Waals surface area contributed by atoms with Crippen LogP contribution in [0, 0.1) is 0 Å². The van der Waals surface area contributed by atoms with E-state index in [1.54, 1.807) is 0 Å². The summed E-state index contributed by atoms with van der Waals surface area (Å²) in [5.41, 5.74) is 6.85. The lowest BCUT2D eigenvalue weighted by molar-refractivity contribution is -0.141. The van der Waals surface area contributed by atoms with E-state index < -0.39 is 30.6 Å². The van der Waals surface area contributed by atoms with Crippen LogP contribution in [0.5, 0.6) is 0 Å². The maximum atomic E-state index is 12.2. The predicted molar refractivity (Wildman–Crippen MR) is 52.1 cm³/mol. The third kappa shape index (κ3) is 3.56. The molecule has 0 aliphatic carbocycles. The summed E-state index contributed by atoms with van der Waals surface area (Å²) in [6.07, 6.45) is -7.69. The number of halogens is 3. The van der Waals surface area contributed by atoms with Gasteiger partial charge in [-0.1, -0.05) is 5.11 Å². The molecule has 6 nitrogen and oxygen atoms in total. The van der Waals surface area contributed by atoms with Gasteiger partial charge in [0.15, 0.2) is 5.69 Å². The van der Waals surface area contributed by atoms with E-state index in [1.165, 1.54) is 0 Å². The Kier molecular flexibility index (Phi) is 4.29. The van der Waals surface area contributed by atoms with Crippen LogP contribution in [0.1, 0.15) is 16.8 Å². The fourth-order valence-electron chi connectivity index (χ4n) is 0.938. The van der Waals surface area contributed by atoms with Crippen molar-refractivity contribution in [3.05, 3.63) is 26.5 Å².